The van der Waals surface area contributed by atoms with Gasteiger partial charge < -0.3 is 19.8 Å². The Balaban J connectivity index is 3.95. The molecule has 0 fully saturated rings. The highest BCUT2D eigenvalue weighted by atomic mass is 31.2. The molecule has 1 amide bonds. The van der Waals surface area contributed by atoms with Crippen LogP contribution >= 0.6 is 7.82 Å². The number of phosphoric acid groups is 1. The van der Waals surface area contributed by atoms with Crippen molar-refractivity contribution in [3.05, 3.63) is 85.1 Å². The molecule has 0 aliphatic carbocycles. The average Bonchev–Trinajstić information content (AvgIpc) is 3.47. The van der Waals surface area contributed by atoms with Gasteiger partial charge in [0.1, 0.15) is 13.2 Å². The van der Waals surface area contributed by atoms with E-state index in [0.717, 1.165) is 83.5 Å². The topological polar surface area (TPSA) is 105 Å². The number of rotatable bonds is 64. The van der Waals surface area contributed by atoms with Crippen molar-refractivity contribution in [1.29, 1.82) is 0 Å². The second-order valence-corrected chi connectivity index (χ2v) is 26.3. The highest BCUT2D eigenvalue weighted by Crippen LogP contribution is 2.43. The summed E-state index contributed by atoms with van der Waals surface area (Å²) in [5.41, 5.74) is 0. The van der Waals surface area contributed by atoms with Crippen LogP contribution in [0.1, 0.15) is 322 Å². The molecule has 3 atom stereocenters. The second-order valence-electron chi connectivity index (χ2n) is 24.9. The lowest BCUT2D eigenvalue weighted by Crippen LogP contribution is -2.46. The van der Waals surface area contributed by atoms with Gasteiger partial charge in [-0.3, -0.25) is 13.8 Å². The van der Waals surface area contributed by atoms with Gasteiger partial charge in [0, 0.05) is 6.42 Å². The molecule has 0 saturated heterocycles. The Morgan fingerprint density at radius 2 is 0.732 bits per heavy atom. The summed E-state index contributed by atoms with van der Waals surface area (Å²) in [6, 6.07) is -0.763. The molecule has 0 bridgehead atoms. The third-order valence-electron chi connectivity index (χ3n) is 15.7. The Morgan fingerprint density at radius 1 is 0.427 bits per heavy atom. The molecule has 0 aliphatic rings. The highest BCUT2D eigenvalue weighted by Gasteiger charge is 2.28. The van der Waals surface area contributed by atoms with Crippen molar-refractivity contribution in [2.75, 3.05) is 40.9 Å². The number of carbonyl (C=O) groups is 1. The maximum absolute atomic E-state index is 13.1. The number of hydrogen-bond acceptors (Lipinski definition) is 5. The normalized spacial score (nSPS) is 14.2. The first-order valence-electron chi connectivity index (χ1n) is 35.0. The van der Waals surface area contributed by atoms with Crippen LogP contribution < -0.4 is 5.32 Å². The number of amides is 1. The van der Waals surface area contributed by atoms with Crippen LogP contribution in [0.4, 0.5) is 0 Å². The Bertz CT molecular complexity index is 1610. The van der Waals surface area contributed by atoms with Crippen molar-refractivity contribution < 1.29 is 32.9 Å². The molecule has 8 nitrogen and oxygen atoms in total. The molecule has 0 rings (SSSR count). The predicted octanol–water partition coefficient (Wildman–Crippen LogP) is 22.3. The lowest BCUT2D eigenvalue weighted by Gasteiger charge is -2.26. The summed E-state index contributed by atoms with van der Waals surface area (Å²) in [5, 5.41) is 14.1. The van der Waals surface area contributed by atoms with Gasteiger partial charge >= 0.3 is 7.82 Å². The quantitative estimate of drug-likeness (QED) is 0.0243. The van der Waals surface area contributed by atoms with E-state index in [2.05, 4.69) is 104 Å². The SMILES string of the molecule is CC/C=C\C/C=C\C/C=C\C/C=C\C/C=C\C/C=C\C/C=C\CCCCCCCCCCCCCCCCCCCCCC(=O)NC(COP(=O)(O)OCC[N+](C)(C)C)C(O)CCCCCCCCCCCCCCCCCCCCC. The van der Waals surface area contributed by atoms with Crippen molar-refractivity contribution in [2.45, 2.75) is 334 Å². The largest absolute Gasteiger partial charge is 0.472 e. The van der Waals surface area contributed by atoms with Gasteiger partial charge in [-0.05, 0) is 70.6 Å². The fourth-order valence-corrected chi connectivity index (χ4v) is 11.0. The lowest BCUT2D eigenvalue weighted by atomic mass is 10.0. The standard InChI is InChI=1S/C73H135N2O6P/c1-6-8-10-12-14-16-18-20-22-24-26-27-28-29-30-31-32-33-34-35-36-37-38-39-40-41-42-43-44-45-46-47-49-51-53-55-57-59-61-63-65-67-73(77)74-71(70-81-82(78,79)80-69-68-75(3,4)5)72(76)66-64-62-60-58-56-54-52-50-48-25-23-21-19-17-15-13-11-9-7-2/h8,10,14,16,20,22,26-27,29-30,32-33,35-36,71-72,76H,6-7,9,11-13,15,17-19,21,23-25,28,31,34,37-70H2,1-5H3,(H-,74,77,78,79)/p+1/b10-8-,16-14-,22-20-,27-26-,30-29-,33-32-,36-35-. The number of phosphoric ester groups is 1. The van der Waals surface area contributed by atoms with E-state index in [1.807, 2.05) is 21.1 Å². The van der Waals surface area contributed by atoms with Crippen LogP contribution in [-0.2, 0) is 18.4 Å². The molecule has 0 aliphatic heterocycles. The van der Waals surface area contributed by atoms with Crippen LogP contribution in [0.15, 0.2) is 85.1 Å². The van der Waals surface area contributed by atoms with Crippen molar-refractivity contribution >= 4 is 13.7 Å². The Labute approximate surface area is 509 Å². The van der Waals surface area contributed by atoms with Crippen LogP contribution in [0.3, 0.4) is 0 Å². The van der Waals surface area contributed by atoms with Crippen LogP contribution in [0.5, 0.6) is 0 Å². The first-order valence-corrected chi connectivity index (χ1v) is 36.4. The molecule has 0 heterocycles. The van der Waals surface area contributed by atoms with Gasteiger partial charge in [-0.15, -0.1) is 0 Å². The maximum Gasteiger partial charge on any atom is 0.472 e. The van der Waals surface area contributed by atoms with Crippen LogP contribution in [0.25, 0.3) is 0 Å². The Hall–Kier alpha value is -2.32. The number of likely N-dealkylation sites (N-methyl/N-ethyl adjacent to an activating group) is 1. The third kappa shape index (κ3) is 65.2. The molecule has 478 valence electrons. The molecule has 0 aromatic rings. The minimum atomic E-state index is -4.33. The van der Waals surface area contributed by atoms with Crippen molar-refractivity contribution in [3.8, 4) is 0 Å². The van der Waals surface area contributed by atoms with E-state index >= 15 is 0 Å². The van der Waals surface area contributed by atoms with E-state index in [1.165, 1.54) is 212 Å². The summed E-state index contributed by atoms with van der Waals surface area (Å²) in [6.45, 7) is 4.81. The average molecular weight is 1170 g/mol. The summed E-state index contributed by atoms with van der Waals surface area (Å²) >= 11 is 0. The summed E-state index contributed by atoms with van der Waals surface area (Å²) in [7, 11) is 1.62. The van der Waals surface area contributed by atoms with E-state index in [9.17, 15) is 19.4 Å². The molecule has 9 heteroatoms. The first-order chi connectivity index (χ1) is 40.0. The molecular weight excluding hydrogens is 1030 g/mol. The van der Waals surface area contributed by atoms with E-state index in [4.69, 9.17) is 9.05 Å². The van der Waals surface area contributed by atoms with E-state index in [-0.39, 0.29) is 19.1 Å². The van der Waals surface area contributed by atoms with Gasteiger partial charge in [0.05, 0.1) is 39.9 Å². The van der Waals surface area contributed by atoms with Gasteiger partial charge in [0.15, 0.2) is 0 Å². The van der Waals surface area contributed by atoms with Gasteiger partial charge in [0.25, 0.3) is 0 Å². The van der Waals surface area contributed by atoms with Crippen LogP contribution in [0.2, 0.25) is 0 Å². The number of allylic oxidation sites excluding steroid dienone is 14. The van der Waals surface area contributed by atoms with E-state index in [1.54, 1.807) is 0 Å². The van der Waals surface area contributed by atoms with Crippen molar-refractivity contribution in [3.63, 3.8) is 0 Å². The minimum Gasteiger partial charge on any atom is -0.391 e. The molecule has 3 unspecified atom stereocenters. The molecule has 0 saturated carbocycles. The van der Waals surface area contributed by atoms with Crippen molar-refractivity contribution in [1.82, 2.24) is 5.32 Å². The number of nitrogens with one attached hydrogen (secondary N) is 1. The second kappa shape index (κ2) is 63.2. The number of quaternary nitrogens is 1. The van der Waals surface area contributed by atoms with Gasteiger partial charge in [-0.2, -0.15) is 0 Å². The minimum absolute atomic E-state index is 0.0746. The predicted molar refractivity (Wildman–Crippen MR) is 360 cm³/mol. The third-order valence-corrected chi connectivity index (χ3v) is 16.6. The van der Waals surface area contributed by atoms with Crippen molar-refractivity contribution in [2.24, 2.45) is 0 Å². The monoisotopic (exact) mass is 1170 g/mol. The Kier molecular flexibility index (Phi) is 61.4. The van der Waals surface area contributed by atoms with Crippen LogP contribution in [-0.4, -0.2) is 73.4 Å². The zero-order chi connectivity index (χ0) is 59.8. The number of nitrogens with zero attached hydrogens (tertiary/aromatic N) is 1. The molecule has 82 heavy (non-hydrogen) atoms. The first kappa shape index (κ1) is 79.7. The number of carbonyl (C=O) groups excluding carboxylic acids is 1. The summed E-state index contributed by atoms with van der Waals surface area (Å²) in [4.78, 5) is 23.4. The number of unbranched alkanes of at least 4 members (excludes halogenated alkanes) is 37. The van der Waals surface area contributed by atoms with Gasteiger partial charge in [-0.25, -0.2) is 4.57 Å². The molecular formula is C73H136N2O6P+. The summed E-state index contributed by atoms with van der Waals surface area (Å²) in [5.74, 6) is -0.140. The molecule has 3 N–H and O–H groups in total. The van der Waals surface area contributed by atoms with E-state index in [0.29, 0.717) is 23.9 Å². The molecule has 0 aromatic carbocycles. The molecule has 0 aromatic heterocycles. The number of aliphatic hydroxyl groups is 1. The number of aliphatic hydroxyl groups excluding tert-OH is 1. The Morgan fingerprint density at radius 3 is 1.07 bits per heavy atom. The van der Waals surface area contributed by atoms with E-state index < -0.39 is 20.0 Å². The zero-order valence-electron chi connectivity index (χ0n) is 54.7. The number of hydrogen-bond donors (Lipinski definition) is 3. The smallest absolute Gasteiger partial charge is 0.391 e. The lowest BCUT2D eigenvalue weighted by molar-refractivity contribution is -0.870. The molecule has 0 spiro atoms. The van der Waals surface area contributed by atoms with Crippen LogP contribution in [0, 0.1) is 0 Å². The maximum atomic E-state index is 13.1. The summed E-state index contributed by atoms with van der Waals surface area (Å²) in [6.07, 6.45) is 89.7. The molecule has 0 radical (unpaired) electrons. The fourth-order valence-electron chi connectivity index (χ4n) is 10.3. The fraction of sp³-hybridized carbons (Fsp3) is 0.795. The zero-order valence-corrected chi connectivity index (χ0v) is 55.6. The van der Waals surface area contributed by atoms with Gasteiger partial charge in [0.2, 0.25) is 5.91 Å². The summed E-state index contributed by atoms with van der Waals surface area (Å²) < 4.78 is 23.9. The van der Waals surface area contributed by atoms with Gasteiger partial charge in [-0.1, -0.05) is 330 Å². The highest BCUT2D eigenvalue weighted by molar-refractivity contribution is 7.47.